The van der Waals surface area contributed by atoms with E-state index < -0.39 is 0 Å². The van der Waals surface area contributed by atoms with E-state index in [1.165, 1.54) is 4.88 Å². The molecule has 1 aromatic carbocycles. The summed E-state index contributed by atoms with van der Waals surface area (Å²) < 4.78 is 0.792. The molecule has 0 aliphatic rings. The predicted octanol–water partition coefficient (Wildman–Crippen LogP) is 3.63. The van der Waals surface area contributed by atoms with Crippen LogP contribution in [-0.4, -0.2) is 12.9 Å². The summed E-state index contributed by atoms with van der Waals surface area (Å²) >= 11 is 7.52. The number of hydrogen-bond donors (Lipinski definition) is 2. The van der Waals surface area contributed by atoms with E-state index in [1.807, 2.05) is 44.3 Å². The Kier molecular flexibility index (Phi) is 4.12. The summed E-state index contributed by atoms with van der Waals surface area (Å²) in [4.78, 5) is 3.29. The van der Waals surface area contributed by atoms with Crippen LogP contribution < -0.4 is 10.6 Å². The Bertz CT molecular complexity index is 606. The van der Waals surface area contributed by atoms with Gasteiger partial charge in [-0.15, -0.1) is 11.3 Å². The zero-order chi connectivity index (χ0) is 14.0. The number of nitrogen functional groups attached to an aromatic ring is 1. The van der Waals surface area contributed by atoms with Gasteiger partial charge in [0.1, 0.15) is 5.84 Å². The van der Waals surface area contributed by atoms with Gasteiger partial charge < -0.3 is 10.6 Å². The molecule has 0 bridgehead atoms. The Morgan fingerprint density at radius 3 is 2.68 bits per heavy atom. The maximum absolute atomic E-state index is 7.68. The fourth-order valence-electron chi connectivity index (χ4n) is 2.13. The van der Waals surface area contributed by atoms with Crippen LogP contribution in [0.5, 0.6) is 0 Å². The van der Waals surface area contributed by atoms with Crippen LogP contribution in [-0.2, 0) is 6.54 Å². The first-order chi connectivity index (χ1) is 8.99. The van der Waals surface area contributed by atoms with Gasteiger partial charge in [-0.25, -0.2) is 0 Å². The van der Waals surface area contributed by atoms with Crippen molar-refractivity contribution in [3.8, 4) is 0 Å². The van der Waals surface area contributed by atoms with E-state index in [-0.39, 0.29) is 5.84 Å². The first-order valence-electron chi connectivity index (χ1n) is 5.88. The smallest absolute Gasteiger partial charge is 0.124 e. The minimum atomic E-state index is 0.0924. The Hall–Kier alpha value is -1.52. The molecule has 1 heterocycles. The molecular formula is C14H16ClN3S. The molecule has 0 spiro atoms. The number of halogens is 1. The molecule has 19 heavy (non-hydrogen) atoms. The maximum Gasteiger partial charge on any atom is 0.124 e. The minimum absolute atomic E-state index is 0.0924. The van der Waals surface area contributed by atoms with Crippen LogP contribution in [0.25, 0.3) is 0 Å². The summed E-state index contributed by atoms with van der Waals surface area (Å²) in [6.07, 6.45) is 0. The molecule has 0 unspecified atom stereocenters. The number of anilines is 1. The molecule has 3 nitrogen and oxygen atoms in total. The molecule has 0 saturated heterocycles. The Morgan fingerprint density at radius 2 is 2.11 bits per heavy atom. The molecule has 0 atom stereocenters. The Labute approximate surface area is 122 Å². The number of nitrogens with two attached hydrogens (primary N) is 1. The van der Waals surface area contributed by atoms with Gasteiger partial charge in [0.15, 0.2) is 0 Å². The van der Waals surface area contributed by atoms with Crippen LogP contribution in [0, 0.1) is 12.3 Å². The largest absolute Gasteiger partial charge is 0.384 e. The molecule has 1 aromatic heterocycles. The standard InChI is InChI=1S/C14H16ClN3S/c1-9-4-3-5-11(14(16)17)13(9)18(2)8-10-6-7-12(15)19-10/h3-7H,8H2,1-2H3,(H3,16,17). The lowest BCUT2D eigenvalue weighted by molar-refractivity contribution is 0.931. The van der Waals surface area contributed by atoms with E-state index in [1.54, 1.807) is 11.3 Å². The topological polar surface area (TPSA) is 53.1 Å². The van der Waals surface area contributed by atoms with Crippen molar-refractivity contribution in [2.45, 2.75) is 13.5 Å². The van der Waals surface area contributed by atoms with Gasteiger partial charge in [-0.2, -0.15) is 0 Å². The lowest BCUT2D eigenvalue weighted by Gasteiger charge is -2.23. The maximum atomic E-state index is 7.68. The van der Waals surface area contributed by atoms with Crippen molar-refractivity contribution in [2.75, 3.05) is 11.9 Å². The number of hydrogen-bond acceptors (Lipinski definition) is 3. The van der Waals surface area contributed by atoms with Crippen LogP contribution in [0.2, 0.25) is 4.34 Å². The first kappa shape index (κ1) is 13.9. The highest BCUT2D eigenvalue weighted by atomic mass is 35.5. The second kappa shape index (κ2) is 5.63. The number of benzene rings is 1. The van der Waals surface area contributed by atoms with Crippen molar-refractivity contribution < 1.29 is 0 Å². The highest BCUT2D eigenvalue weighted by molar-refractivity contribution is 7.16. The summed E-state index contributed by atoms with van der Waals surface area (Å²) in [7, 11) is 2.00. The molecule has 0 fully saturated rings. The molecule has 0 radical (unpaired) electrons. The van der Waals surface area contributed by atoms with E-state index in [9.17, 15) is 0 Å². The van der Waals surface area contributed by atoms with Crippen LogP contribution in [0.15, 0.2) is 30.3 Å². The fourth-order valence-corrected chi connectivity index (χ4v) is 3.27. The number of aryl methyl sites for hydroxylation is 1. The number of rotatable bonds is 4. The normalized spacial score (nSPS) is 10.5. The summed E-state index contributed by atoms with van der Waals surface area (Å²) in [6.45, 7) is 2.78. The lowest BCUT2D eigenvalue weighted by atomic mass is 10.1. The van der Waals surface area contributed by atoms with Crippen molar-refractivity contribution in [3.63, 3.8) is 0 Å². The third kappa shape index (κ3) is 3.08. The van der Waals surface area contributed by atoms with Crippen molar-refractivity contribution in [3.05, 3.63) is 50.7 Å². The van der Waals surface area contributed by atoms with Crippen molar-refractivity contribution in [1.29, 1.82) is 5.41 Å². The minimum Gasteiger partial charge on any atom is -0.384 e. The number of nitrogens with zero attached hydrogens (tertiary/aromatic N) is 1. The zero-order valence-electron chi connectivity index (χ0n) is 10.9. The van der Waals surface area contributed by atoms with E-state index in [4.69, 9.17) is 22.7 Å². The number of amidine groups is 1. The molecule has 0 saturated carbocycles. The van der Waals surface area contributed by atoms with Crippen molar-refractivity contribution in [2.24, 2.45) is 5.73 Å². The first-order valence-corrected chi connectivity index (χ1v) is 7.08. The zero-order valence-corrected chi connectivity index (χ0v) is 12.5. The van der Waals surface area contributed by atoms with Crippen LogP contribution >= 0.6 is 22.9 Å². The van der Waals surface area contributed by atoms with Crippen LogP contribution in [0.4, 0.5) is 5.69 Å². The Balaban J connectivity index is 2.32. The van der Waals surface area contributed by atoms with Gasteiger partial charge >= 0.3 is 0 Å². The Morgan fingerprint density at radius 1 is 1.37 bits per heavy atom. The molecule has 0 aliphatic heterocycles. The highest BCUT2D eigenvalue weighted by Gasteiger charge is 2.13. The fraction of sp³-hybridized carbons (Fsp3) is 0.214. The number of thiophene rings is 1. The molecule has 2 aromatic rings. The summed E-state index contributed by atoms with van der Waals surface area (Å²) in [5.74, 6) is 0.0924. The lowest BCUT2D eigenvalue weighted by Crippen LogP contribution is -2.22. The van der Waals surface area contributed by atoms with E-state index in [2.05, 4.69) is 4.90 Å². The van der Waals surface area contributed by atoms with Crippen molar-refractivity contribution in [1.82, 2.24) is 0 Å². The second-order valence-corrected chi connectivity index (χ2v) is 6.25. The van der Waals surface area contributed by atoms with Gasteiger partial charge in [-0.05, 0) is 30.7 Å². The summed E-state index contributed by atoms with van der Waals surface area (Å²) in [5.41, 5.74) is 8.53. The van der Waals surface area contributed by atoms with Gasteiger partial charge in [0.05, 0.1) is 16.6 Å². The molecule has 0 aliphatic carbocycles. The van der Waals surface area contributed by atoms with Crippen LogP contribution in [0.1, 0.15) is 16.0 Å². The van der Waals surface area contributed by atoms with E-state index in [0.717, 1.165) is 27.7 Å². The third-order valence-electron chi connectivity index (χ3n) is 2.93. The van der Waals surface area contributed by atoms with E-state index in [0.29, 0.717) is 0 Å². The average Bonchev–Trinajstić information content (AvgIpc) is 2.74. The molecule has 0 amide bonds. The van der Waals surface area contributed by atoms with E-state index >= 15 is 0 Å². The SMILES string of the molecule is Cc1cccc(C(=N)N)c1N(C)Cc1ccc(Cl)s1. The predicted molar refractivity (Wildman–Crippen MR) is 83.6 cm³/mol. The molecule has 5 heteroatoms. The molecule has 2 rings (SSSR count). The highest BCUT2D eigenvalue weighted by Crippen LogP contribution is 2.28. The quantitative estimate of drug-likeness (QED) is 0.668. The number of para-hydroxylation sites is 1. The van der Waals surface area contributed by atoms with Gasteiger partial charge in [0, 0.05) is 17.5 Å². The average molecular weight is 294 g/mol. The van der Waals surface area contributed by atoms with Crippen LogP contribution in [0.3, 0.4) is 0 Å². The monoisotopic (exact) mass is 293 g/mol. The summed E-state index contributed by atoms with van der Waals surface area (Å²) in [6, 6.07) is 9.75. The van der Waals surface area contributed by atoms with Gasteiger partial charge in [-0.3, -0.25) is 5.41 Å². The molecular weight excluding hydrogens is 278 g/mol. The van der Waals surface area contributed by atoms with Gasteiger partial charge in [0.25, 0.3) is 0 Å². The van der Waals surface area contributed by atoms with Gasteiger partial charge in [0.2, 0.25) is 0 Å². The second-order valence-electron chi connectivity index (χ2n) is 4.45. The molecule has 3 N–H and O–H groups in total. The third-order valence-corrected chi connectivity index (χ3v) is 4.15. The summed E-state index contributed by atoms with van der Waals surface area (Å²) in [5, 5.41) is 7.68. The molecule has 100 valence electrons. The number of nitrogens with one attached hydrogen (secondary N) is 1. The van der Waals surface area contributed by atoms with Crippen molar-refractivity contribution >= 4 is 34.5 Å². The van der Waals surface area contributed by atoms with Gasteiger partial charge in [-0.1, -0.05) is 23.7 Å².